The second-order valence-corrected chi connectivity index (χ2v) is 5.43. The third-order valence-corrected chi connectivity index (χ3v) is 3.89. The molecule has 0 aliphatic carbocycles. The molecule has 0 saturated carbocycles. The van der Waals surface area contributed by atoms with Gasteiger partial charge in [-0.1, -0.05) is 11.6 Å². The van der Waals surface area contributed by atoms with Crippen LogP contribution in [0.15, 0.2) is 18.2 Å². The molecular weight excluding hydrogens is 278 g/mol. The van der Waals surface area contributed by atoms with E-state index >= 15 is 0 Å². The van der Waals surface area contributed by atoms with E-state index in [0.29, 0.717) is 23.6 Å². The summed E-state index contributed by atoms with van der Waals surface area (Å²) in [7, 11) is 1.35. The van der Waals surface area contributed by atoms with Gasteiger partial charge in [-0.05, 0) is 49.9 Å². The number of ether oxygens (including phenoxy) is 1. The number of carbonyl (C=O) groups excluding carboxylic acids is 2. The van der Waals surface area contributed by atoms with Gasteiger partial charge in [0.1, 0.15) is 6.04 Å². The lowest BCUT2D eigenvalue weighted by atomic mass is 9.99. The van der Waals surface area contributed by atoms with Crippen molar-refractivity contribution in [2.24, 2.45) is 0 Å². The summed E-state index contributed by atoms with van der Waals surface area (Å²) in [5.41, 5.74) is 1.40. The first-order valence-electron chi connectivity index (χ1n) is 6.69. The molecule has 1 heterocycles. The standard InChI is InChI=1S/C15H18ClNO3/c1-10-9-11(16)6-7-12(10)14(18)17-8-4-3-5-13(17)15(19)20-2/h6-7,9,13H,3-5,8H2,1-2H3. The van der Waals surface area contributed by atoms with E-state index in [4.69, 9.17) is 16.3 Å². The highest BCUT2D eigenvalue weighted by molar-refractivity contribution is 6.30. The first-order chi connectivity index (χ1) is 9.54. The Bertz CT molecular complexity index is 530. The smallest absolute Gasteiger partial charge is 0.328 e. The molecule has 4 nitrogen and oxygen atoms in total. The van der Waals surface area contributed by atoms with E-state index in [0.717, 1.165) is 18.4 Å². The van der Waals surface area contributed by atoms with Crippen LogP contribution in [0, 0.1) is 6.92 Å². The van der Waals surface area contributed by atoms with Gasteiger partial charge in [-0.25, -0.2) is 4.79 Å². The number of hydrogen-bond acceptors (Lipinski definition) is 3. The zero-order valence-corrected chi connectivity index (χ0v) is 12.4. The molecular formula is C15H18ClNO3. The molecule has 1 aliphatic rings. The van der Waals surface area contributed by atoms with Crippen LogP contribution in [0.25, 0.3) is 0 Å². The summed E-state index contributed by atoms with van der Waals surface area (Å²) in [5.74, 6) is -0.473. The van der Waals surface area contributed by atoms with Crippen molar-refractivity contribution in [1.29, 1.82) is 0 Å². The molecule has 108 valence electrons. The summed E-state index contributed by atoms with van der Waals surface area (Å²) in [4.78, 5) is 26.1. The minimum atomic E-state index is -0.476. The predicted molar refractivity (Wildman–Crippen MR) is 76.9 cm³/mol. The first kappa shape index (κ1) is 14.9. The molecule has 0 spiro atoms. The third kappa shape index (κ3) is 2.96. The lowest BCUT2D eigenvalue weighted by Crippen LogP contribution is -2.48. The van der Waals surface area contributed by atoms with Gasteiger partial charge in [0.2, 0.25) is 0 Å². The number of benzene rings is 1. The molecule has 1 amide bonds. The SMILES string of the molecule is COC(=O)C1CCCCN1C(=O)c1ccc(Cl)cc1C. The molecule has 1 aromatic rings. The third-order valence-electron chi connectivity index (χ3n) is 3.66. The van der Waals surface area contributed by atoms with Crippen LogP contribution in [0.1, 0.15) is 35.2 Å². The number of halogens is 1. The quantitative estimate of drug-likeness (QED) is 0.788. The normalized spacial score (nSPS) is 18.8. The van der Waals surface area contributed by atoms with Gasteiger partial charge in [0.05, 0.1) is 7.11 Å². The average Bonchev–Trinajstić information content (AvgIpc) is 2.46. The Balaban J connectivity index is 2.27. The lowest BCUT2D eigenvalue weighted by molar-refractivity contribution is -0.147. The van der Waals surface area contributed by atoms with Gasteiger partial charge in [-0.3, -0.25) is 4.79 Å². The van der Waals surface area contributed by atoms with Gasteiger partial charge in [-0.2, -0.15) is 0 Å². The maximum absolute atomic E-state index is 12.6. The highest BCUT2D eigenvalue weighted by atomic mass is 35.5. The van der Waals surface area contributed by atoms with E-state index in [1.807, 2.05) is 6.92 Å². The van der Waals surface area contributed by atoms with Crippen molar-refractivity contribution in [3.63, 3.8) is 0 Å². The van der Waals surface area contributed by atoms with Crippen LogP contribution in [0.2, 0.25) is 5.02 Å². The number of esters is 1. The molecule has 0 radical (unpaired) electrons. The Hall–Kier alpha value is -1.55. The molecule has 5 heteroatoms. The number of likely N-dealkylation sites (tertiary alicyclic amines) is 1. The van der Waals surface area contributed by atoms with Gasteiger partial charge in [0.15, 0.2) is 0 Å². The first-order valence-corrected chi connectivity index (χ1v) is 7.07. The monoisotopic (exact) mass is 295 g/mol. The summed E-state index contributed by atoms with van der Waals surface area (Å²) >= 11 is 5.91. The van der Waals surface area contributed by atoms with Crippen molar-refractivity contribution >= 4 is 23.5 Å². The van der Waals surface area contributed by atoms with Crippen molar-refractivity contribution < 1.29 is 14.3 Å². The Morgan fingerprint density at radius 1 is 1.35 bits per heavy atom. The van der Waals surface area contributed by atoms with Crippen molar-refractivity contribution in [3.8, 4) is 0 Å². The number of methoxy groups -OCH3 is 1. The van der Waals surface area contributed by atoms with E-state index in [2.05, 4.69) is 0 Å². The summed E-state index contributed by atoms with van der Waals surface area (Å²) in [6.07, 6.45) is 2.50. The topological polar surface area (TPSA) is 46.6 Å². The lowest BCUT2D eigenvalue weighted by Gasteiger charge is -2.34. The van der Waals surface area contributed by atoms with Gasteiger partial charge >= 0.3 is 5.97 Å². The zero-order chi connectivity index (χ0) is 14.7. The van der Waals surface area contributed by atoms with Crippen LogP contribution < -0.4 is 0 Å². The van der Waals surface area contributed by atoms with Gasteiger partial charge in [0.25, 0.3) is 5.91 Å². The van der Waals surface area contributed by atoms with Crippen LogP contribution in [0.4, 0.5) is 0 Å². The fraction of sp³-hybridized carbons (Fsp3) is 0.467. The predicted octanol–water partition coefficient (Wildman–Crippen LogP) is 2.82. The molecule has 1 aliphatic heterocycles. The largest absolute Gasteiger partial charge is 0.467 e. The number of piperidine rings is 1. The maximum atomic E-state index is 12.6. The summed E-state index contributed by atoms with van der Waals surface area (Å²) in [5, 5.41) is 0.599. The zero-order valence-electron chi connectivity index (χ0n) is 11.7. The van der Waals surface area contributed by atoms with Gasteiger partial charge in [0, 0.05) is 17.1 Å². The van der Waals surface area contributed by atoms with E-state index in [1.54, 1.807) is 23.1 Å². The van der Waals surface area contributed by atoms with Crippen molar-refractivity contribution in [3.05, 3.63) is 34.3 Å². The molecule has 1 fully saturated rings. The Morgan fingerprint density at radius 3 is 2.75 bits per heavy atom. The minimum absolute atomic E-state index is 0.130. The second-order valence-electron chi connectivity index (χ2n) is 4.99. The van der Waals surface area contributed by atoms with E-state index < -0.39 is 6.04 Å². The molecule has 1 unspecified atom stereocenters. The van der Waals surface area contributed by atoms with E-state index in [1.165, 1.54) is 7.11 Å². The Kier molecular flexibility index (Phi) is 4.65. The number of nitrogens with zero attached hydrogens (tertiary/aromatic N) is 1. The molecule has 0 N–H and O–H groups in total. The number of aryl methyl sites for hydroxylation is 1. The fourth-order valence-corrected chi connectivity index (χ4v) is 2.80. The van der Waals surface area contributed by atoms with Crippen LogP contribution in [0.3, 0.4) is 0 Å². The molecule has 20 heavy (non-hydrogen) atoms. The Labute approximate surface area is 123 Å². The number of hydrogen-bond donors (Lipinski definition) is 0. The van der Waals surface area contributed by atoms with Crippen LogP contribution >= 0.6 is 11.6 Å². The van der Waals surface area contributed by atoms with Crippen LogP contribution in [0.5, 0.6) is 0 Å². The molecule has 0 bridgehead atoms. The van der Waals surface area contributed by atoms with Crippen molar-refractivity contribution in [1.82, 2.24) is 4.90 Å². The average molecular weight is 296 g/mol. The highest BCUT2D eigenvalue weighted by Crippen LogP contribution is 2.23. The molecule has 0 aromatic heterocycles. The van der Waals surface area contributed by atoms with Crippen molar-refractivity contribution in [2.45, 2.75) is 32.2 Å². The minimum Gasteiger partial charge on any atom is -0.467 e. The van der Waals surface area contributed by atoms with E-state index in [9.17, 15) is 9.59 Å². The summed E-state index contributed by atoms with van der Waals surface area (Å²) < 4.78 is 4.80. The second kappa shape index (κ2) is 6.27. The number of rotatable bonds is 2. The van der Waals surface area contributed by atoms with Crippen molar-refractivity contribution in [2.75, 3.05) is 13.7 Å². The molecule has 1 saturated heterocycles. The van der Waals surface area contributed by atoms with Gasteiger partial charge in [-0.15, -0.1) is 0 Å². The summed E-state index contributed by atoms with van der Waals surface area (Å²) in [6, 6.07) is 4.68. The number of carbonyl (C=O) groups is 2. The molecule has 1 atom stereocenters. The Morgan fingerprint density at radius 2 is 2.10 bits per heavy atom. The van der Waals surface area contributed by atoms with E-state index in [-0.39, 0.29) is 11.9 Å². The van der Waals surface area contributed by atoms with Crippen LogP contribution in [-0.4, -0.2) is 36.5 Å². The summed E-state index contributed by atoms with van der Waals surface area (Å²) in [6.45, 7) is 2.43. The molecule has 2 rings (SSSR count). The van der Waals surface area contributed by atoms with Crippen LogP contribution in [-0.2, 0) is 9.53 Å². The van der Waals surface area contributed by atoms with Gasteiger partial charge < -0.3 is 9.64 Å². The number of amides is 1. The highest BCUT2D eigenvalue weighted by Gasteiger charge is 2.33. The maximum Gasteiger partial charge on any atom is 0.328 e. The fourth-order valence-electron chi connectivity index (χ4n) is 2.58. The molecule has 1 aromatic carbocycles.